The second kappa shape index (κ2) is 15.8. The molecule has 0 aliphatic heterocycles. The fourth-order valence-corrected chi connectivity index (χ4v) is 0.136. The van der Waals surface area contributed by atoms with Crippen molar-refractivity contribution in [3.8, 4) is 0 Å². The Bertz CT molecular complexity index is 46.4. The van der Waals surface area contributed by atoms with E-state index in [1.54, 1.807) is 6.08 Å². The zero-order valence-electron chi connectivity index (χ0n) is 4.50. The summed E-state index contributed by atoms with van der Waals surface area (Å²) in [5.74, 6) is 0. The molecule has 0 N–H and O–H groups in total. The van der Waals surface area contributed by atoms with Crippen molar-refractivity contribution >= 4 is 24.8 Å². The molecule has 0 aromatic heterocycles. The number of hydrogen-bond donors (Lipinski definition) is 0. The normalized spacial score (nSPS) is 5.00. The van der Waals surface area contributed by atoms with Gasteiger partial charge in [-0.1, -0.05) is 19.2 Å². The van der Waals surface area contributed by atoms with Gasteiger partial charge in [0.1, 0.15) is 6.61 Å². The van der Waals surface area contributed by atoms with Crippen LogP contribution >= 0.6 is 24.8 Å². The largest absolute Gasteiger partial charge is 0.498 e. The van der Waals surface area contributed by atoms with Crippen LogP contribution in [0.1, 0.15) is 0 Å². The van der Waals surface area contributed by atoms with E-state index in [4.69, 9.17) is 0 Å². The van der Waals surface area contributed by atoms with Crippen molar-refractivity contribution in [3.63, 3.8) is 0 Å². The summed E-state index contributed by atoms with van der Waals surface area (Å²) in [6, 6.07) is 0. The first-order valence-corrected chi connectivity index (χ1v) is 1.75. The smallest absolute Gasteiger partial charge is 0.105 e. The molecule has 0 unspecified atom stereocenters. The molecule has 0 radical (unpaired) electrons. The van der Waals surface area contributed by atoms with E-state index in [1.807, 2.05) is 0 Å². The molecule has 0 bridgehead atoms. The molecule has 8 heavy (non-hydrogen) atoms. The molecule has 0 aromatic carbocycles. The lowest BCUT2D eigenvalue weighted by Gasteiger charge is -1.86. The van der Waals surface area contributed by atoms with Gasteiger partial charge in [0.2, 0.25) is 0 Å². The van der Waals surface area contributed by atoms with Crippen LogP contribution in [-0.4, -0.2) is 6.61 Å². The van der Waals surface area contributed by atoms with Gasteiger partial charge < -0.3 is 4.74 Å². The second-order valence-corrected chi connectivity index (χ2v) is 0.789. The fourth-order valence-electron chi connectivity index (χ4n) is 0.136. The first kappa shape index (κ1) is 15.7. The predicted octanol–water partition coefficient (Wildman–Crippen LogP) is 2.18. The molecule has 0 amide bonds. The Kier molecular flexibility index (Phi) is 30.9. The highest BCUT2D eigenvalue weighted by molar-refractivity contribution is 5.85. The van der Waals surface area contributed by atoms with Crippen molar-refractivity contribution in [3.05, 3.63) is 25.5 Å². The molecule has 3 heteroatoms. The molecule has 50 valence electrons. The molecule has 0 aliphatic carbocycles. The molecule has 0 atom stereocenters. The summed E-state index contributed by atoms with van der Waals surface area (Å²) >= 11 is 0. The number of hydrogen-bond acceptors (Lipinski definition) is 1. The standard InChI is InChI=1S/C5H8O.2ClH/c1-3-5-6-4-2;;/h3-4H,1-2,5H2;2*1H. The van der Waals surface area contributed by atoms with Crippen LogP contribution in [-0.2, 0) is 4.74 Å². The van der Waals surface area contributed by atoms with E-state index in [1.165, 1.54) is 6.26 Å². The molecule has 1 nitrogen and oxygen atoms in total. The van der Waals surface area contributed by atoms with Gasteiger partial charge in [0.25, 0.3) is 0 Å². The van der Waals surface area contributed by atoms with Gasteiger partial charge in [-0.05, 0) is 0 Å². The van der Waals surface area contributed by atoms with Crippen molar-refractivity contribution < 1.29 is 4.74 Å². The molecule has 0 rings (SSSR count). The minimum Gasteiger partial charge on any atom is -0.498 e. The third-order valence-electron chi connectivity index (χ3n) is 0.332. The third kappa shape index (κ3) is 16.9. The average Bonchev–Trinajstić information content (AvgIpc) is 1.61. The third-order valence-corrected chi connectivity index (χ3v) is 0.332. The van der Waals surface area contributed by atoms with Gasteiger partial charge in [-0.2, -0.15) is 0 Å². The Hall–Kier alpha value is -0.140. The summed E-state index contributed by atoms with van der Waals surface area (Å²) in [7, 11) is 0. The van der Waals surface area contributed by atoms with Crippen LogP contribution in [0, 0.1) is 0 Å². The fraction of sp³-hybridized carbons (Fsp3) is 0.200. The predicted molar refractivity (Wildman–Crippen MR) is 40.8 cm³/mol. The Labute approximate surface area is 62.2 Å². The van der Waals surface area contributed by atoms with E-state index in [0.29, 0.717) is 6.61 Å². The number of ether oxygens (including phenoxy) is 1. The minimum atomic E-state index is 0. The monoisotopic (exact) mass is 156 g/mol. The van der Waals surface area contributed by atoms with Crippen LogP contribution in [0.25, 0.3) is 0 Å². The summed E-state index contributed by atoms with van der Waals surface area (Å²) in [6.45, 7) is 7.31. The van der Waals surface area contributed by atoms with E-state index >= 15 is 0 Å². The van der Waals surface area contributed by atoms with E-state index in [0.717, 1.165) is 0 Å². The summed E-state index contributed by atoms with van der Waals surface area (Å²) < 4.78 is 4.63. The average molecular weight is 157 g/mol. The molecule has 0 spiro atoms. The van der Waals surface area contributed by atoms with Gasteiger partial charge in [0.15, 0.2) is 0 Å². The molecule has 0 saturated heterocycles. The Morgan fingerprint density at radius 2 is 1.75 bits per heavy atom. The van der Waals surface area contributed by atoms with Crippen molar-refractivity contribution in [2.75, 3.05) is 6.61 Å². The van der Waals surface area contributed by atoms with Gasteiger partial charge >= 0.3 is 0 Å². The molecular formula is C5H10Cl2O. The van der Waals surface area contributed by atoms with Gasteiger partial charge in [0, 0.05) is 0 Å². The quantitative estimate of drug-likeness (QED) is 0.346. The van der Waals surface area contributed by atoms with Crippen LogP contribution in [0.3, 0.4) is 0 Å². The number of rotatable bonds is 3. The molecule has 0 aromatic rings. The Morgan fingerprint density at radius 3 is 1.88 bits per heavy atom. The van der Waals surface area contributed by atoms with Gasteiger partial charge in [0.05, 0.1) is 6.26 Å². The minimum absolute atomic E-state index is 0. The van der Waals surface area contributed by atoms with Crippen molar-refractivity contribution in [1.82, 2.24) is 0 Å². The van der Waals surface area contributed by atoms with Crippen molar-refractivity contribution in [2.45, 2.75) is 0 Å². The highest BCUT2D eigenvalue weighted by Crippen LogP contribution is 1.69. The van der Waals surface area contributed by atoms with Crippen LogP contribution in [0.5, 0.6) is 0 Å². The highest BCUT2D eigenvalue weighted by Gasteiger charge is 1.61. The lowest BCUT2D eigenvalue weighted by Crippen LogP contribution is -1.75. The first-order chi connectivity index (χ1) is 2.91. The maximum absolute atomic E-state index is 4.63. The van der Waals surface area contributed by atoms with Gasteiger partial charge in [-0.3, -0.25) is 0 Å². The van der Waals surface area contributed by atoms with Crippen molar-refractivity contribution in [1.29, 1.82) is 0 Å². The van der Waals surface area contributed by atoms with E-state index in [-0.39, 0.29) is 24.8 Å². The van der Waals surface area contributed by atoms with Gasteiger partial charge in [-0.15, -0.1) is 24.8 Å². The zero-order chi connectivity index (χ0) is 4.83. The molecule has 0 saturated carbocycles. The van der Waals surface area contributed by atoms with Crippen molar-refractivity contribution in [2.24, 2.45) is 0 Å². The SMILES string of the molecule is C=CCOC=C.Cl.Cl. The maximum Gasteiger partial charge on any atom is 0.105 e. The van der Waals surface area contributed by atoms with Gasteiger partial charge in [-0.25, -0.2) is 0 Å². The van der Waals surface area contributed by atoms with Crippen LogP contribution in [0.4, 0.5) is 0 Å². The Balaban J connectivity index is -0.000000125. The Morgan fingerprint density at radius 1 is 1.25 bits per heavy atom. The highest BCUT2D eigenvalue weighted by atomic mass is 35.5. The first-order valence-electron chi connectivity index (χ1n) is 1.75. The van der Waals surface area contributed by atoms with E-state index in [9.17, 15) is 0 Å². The number of halogens is 2. The van der Waals surface area contributed by atoms with E-state index < -0.39 is 0 Å². The second-order valence-electron chi connectivity index (χ2n) is 0.789. The van der Waals surface area contributed by atoms with Crippen LogP contribution in [0.15, 0.2) is 25.5 Å². The molecule has 0 aliphatic rings. The lowest BCUT2D eigenvalue weighted by atomic mass is 10.7. The zero-order valence-corrected chi connectivity index (χ0v) is 6.13. The van der Waals surface area contributed by atoms with Crippen LogP contribution < -0.4 is 0 Å². The maximum atomic E-state index is 4.63. The molecule has 0 heterocycles. The summed E-state index contributed by atoms with van der Waals surface area (Å²) in [6.07, 6.45) is 3.06. The summed E-state index contributed by atoms with van der Waals surface area (Å²) in [4.78, 5) is 0. The topological polar surface area (TPSA) is 9.23 Å². The summed E-state index contributed by atoms with van der Waals surface area (Å²) in [5.41, 5.74) is 0. The molecule has 0 fully saturated rings. The summed E-state index contributed by atoms with van der Waals surface area (Å²) in [5, 5.41) is 0. The van der Waals surface area contributed by atoms with E-state index in [2.05, 4.69) is 17.9 Å². The lowest BCUT2D eigenvalue weighted by molar-refractivity contribution is 0.291. The molecular weight excluding hydrogens is 147 g/mol. The van der Waals surface area contributed by atoms with Crippen LogP contribution in [0.2, 0.25) is 0 Å².